The lowest BCUT2D eigenvalue weighted by Gasteiger charge is -2.39. The summed E-state index contributed by atoms with van der Waals surface area (Å²) in [4.78, 5) is 27.5. The van der Waals surface area contributed by atoms with Crippen molar-refractivity contribution in [3.63, 3.8) is 0 Å². The number of aliphatic hydroxyl groups excluding tert-OH is 4. The Balaban J connectivity index is 1.52. The van der Waals surface area contributed by atoms with Crippen LogP contribution < -0.4 is 9.64 Å². The van der Waals surface area contributed by atoms with Gasteiger partial charge in [0.25, 0.3) is 5.91 Å². The molecule has 12 heteroatoms. The molecule has 0 saturated carbocycles. The topological polar surface area (TPSA) is 197 Å². The van der Waals surface area contributed by atoms with Gasteiger partial charge in [-0.15, -0.1) is 0 Å². The van der Waals surface area contributed by atoms with E-state index in [1.54, 1.807) is 12.1 Å². The Labute approximate surface area is 252 Å². The number of benzene rings is 3. The number of anilines is 1. The van der Waals surface area contributed by atoms with Crippen LogP contribution in [0.2, 0.25) is 0 Å². The van der Waals surface area contributed by atoms with Gasteiger partial charge in [0.1, 0.15) is 36.2 Å². The van der Waals surface area contributed by atoms with Gasteiger partial charge in [-0.3, -0.25) is 9.69 Å². The van der Waals surface area contributed by atoms with Gasteiger partial charge < -0.3 is 45.2 Å². The fourth-order valence-electron chi connectivity index (χ4n) is 5.62. The number of carbonyl (C=O) groups is 2. The highest BCUT2D eigenvalue weighted by atomic mass is 16.7. The molecule has 1 saturated heterocycles. The second kappa shape index (κ2) is 13.0. The lowest BCUT2D eigenvalue weighted by molar-refractivity contribution is -0.277. The molecule has 0 aromatic heterocycles. The Kier molecular flexibility index (Phi) is 9.18. The number of aromatic hydroxyl groups is 2. The molecule has 12 nitrogen and oxygen atoms in total. The molecule has 1 amide bonds. The van der Waals surface area contributed by atoms with Gasteiger partial charge in [0.05, 0.1) is 12.3 Å². The molecule has 1 fully saturated rings. The molecule has 44 heavy (non-hydrogen) atoms. The summed E-state index contributed by atoms with van der Waals surface area (Å²) in [5.74, 6) is -3.34. The van der Waals surface area contributed by atoms with Crippen LogP contribution in [-0.2, 0) is 20.7 Å². The molecule has 2 aliphatic heterocycles. The molecule has 3 aromatic carbocycles. The number of carboxylic acids is 1. The van der Waals surface area contributed by atoms with Gasteiger partial charge >= 0.3 is 5.97 Å². The van der Waals surface area contributed by atoms with Crippen molar-refractivity contribution >= 4 is 23.6 Å². The molecule has 7 N–H and O–H groups in total. The van der Waals surface area contributed by atoms with Gasteiger partial charge in [0, 0.05) is 18.1 Å². The summed E-state index contributed by atoms with van der Waals surface area (Å²) in [6.07, 6.45) is -4.52. The summed E-state index contributed by atoms with van der Waals surface area (Å²) >= 11 is 0. The van der Waals surface area contributed by atoms with Crippen LogP contribution in [0.3, 0.4) is 0 Å². The number of amides is 1. The van der Waals surface area contributed by atoms with Crippen LogP contribution in [0.1, 0.15) is 29.0 Å². The molecule has 7 atom stereocenters. The van der Waals surface area contributed by atoms with Gasteiger partial charge in [-0.2, -0.15) is 0 Å². The van der Waals surface area contributed by atoms with Gasteiger partial charge in [-0.1, -0.05) is 42.5 Å². The minimum Gasteiger partial charge on any atom is -0.508 e. The van der Waals surface area contributed by atoms with Crippen LogP contribution in [-0.4, -0.2) is 91.0 Å². The van der Waals surface area contributed by atoms with Crippen molar-refractivity contribution in [3.05, 3.63) is 89.5 Å². The maximum atomic E-state index is 13.7. The zero-order valence-electron chi connectivity index (χ0n) is 23.4. The number of phenols is 2. The second-order valence-electron chi connectivity index (χ2n) is 10.7. The number of aliphatic carboxylic acids is 1. The van der Waals surface area contributed by atoms with E-state index >= 15 is 0 Å². The van der Waals surface area contributed by atoms with Gasteiger partial charge in [0.2, 0.25) is 6.29 Å². The third kappa shape index (κ3) is 6.25. The Hall–Kier alpha value is -4.46. The van der Waals surface area contributed by atoms with Gasteiger partial charge in [0.15, 0.2) is 11.5 Å². The van der Waals surface area contributed by atoms with Crippen molar-refractivity contribution in [2.75, 3.05) is 11.5 Å². The molecular weight excluding hydrogens is 574 g/mol. The number of aliphatic hydroxyl groups is 4. The van der Waals surface area contributed by atoms with E-state index in [1.165, 1.54) is 36.4 Å². The first-order valence-electron chi connectivity index (χ1n) is 14.0. The SMILES string of the molecule is O=C(O)[C@H]1[C@@H](CCc2ccccc2)c2cc(O)c(O[C@@H]3O[C@H](CO)[C@@H](O)[C@H](O)[C@H]3O)cc2N1C(=O)/C=C/c1ccc(O)cc1. The van der Waals surface area contributed by atoms with Crippen molar-refractivity contribution < 1.29 is 54.8 Å². The molecule has 0 spiro atoms. The van der Waals surface area contributed by atoms with Crippen LogP contribution in [0.15, 0.2) is 72.8 Å². The third-order valence-electron chi connectivity index (χ3n) is 7.91. The van der Waals surface area contributed by atoms with Crippen LogP contribution in [0.25, 0.3) is 6.08 Å². The average molecular weight is 608 g/mol. The molecule has 2 heterocycles. The Morgan fingerprint density at radius 3 is 2.30 bits per heavy atom. The number of carbonyl (C=O) groups excluding carboxylic acids is 1. The van der Waals surface area contributed by atoms with E-state index in [0.29, 0.717) is 24.0 Å². The lowest BCUT2D eigenvalue weighted by Crippen LogP contribution is -2.60. The fourth-order valence-corrected chi connectivity index (χ4v) is 5.62. The lowest BCUT2D eigenvalue weighted by atomic mass is 9.88. The van der Waals surface area contributed by atoms with Crippen molar-refractivity contribution in [2.45, 2.75) is 55.5 Å². The smallest absolute Gasteiger partial charge is 0.327 e. The highest BCUT2D eigenvalue weighted by Crippen LogP contribution is 2.48. The van der Waals surface area contributed by atoms with Crippen LogP contribution >= 0.6 is 0 Å². The zero-order valence-corrected chi connectivity index (χ0v) is 23.4. The van der Waals surface area contributed by atoms with Gasteiger partial charge in [-0.25, -0.2) is 4.79 Å². The van der Waals surface area contributed by atoms with Crippen LogP contribution in [0.5, 0.6) is 17.2 Å². The van der Waals surface area contributed by atoms with Crippen molar-refractivity contribution in [1.82, 2.24) is 0 Å². The highest BCUT2D eigenvalue weighted by molar-refractivity contribution is 6.09. The Bertz CT molecular complexity index is 1510. The molecule has 0 unspecified atom stereocenters. The second-order valence-corrected chi connectivity index (χ2v) is 10.7. The van der Waals surface area contributed by atoms with Crippen molar-refractivity contribution in [3.8, 4) is 17.2 Å². The fraction of sp³-hybridized carbons (Fsp3) is 0.312. The monoisotopic (exact) mass is 607 g/mol. The number of ether oxygens (including phenoxy) is 2. The number of hydrogen-bond acceptors (Lipinski definition) is 10. The maximum Gasteiger partial charge on any atom is 0.327 e. The molecule has 0 bridgehead atoms. The molecule has 5 rings (SSSR count). The van der Waals surface area contributed by atoms with Crippen LogP contribution in [0.4, 0.5) is 5.69 Å². The third-order valence-corrected chi connectivity index (χ3v) is 7.91. The van der Waals surface area contributed by atoms with Crippen LogP contribution in [0, 0.1) is 0 Å². The van der Waals surface area contributed by atoms with E-state index in [1.807, 2.05) is 30.3 Å². The van der Waals surface area contributed by atoms with Crippen molar-refractivity contribution in [1.29, 1.82) is 0 Å². The number of phenolic OH excluding ortho intramolecular Hbond substituents is 2. The normalized spacial score (nSPS) is 26.5. The predicted molar refractivity (Wildman–Crippen MR) is 156 cm³/mol. The molecule has 3 aromatic rings. The molecule has 0 aliphatic carbocycles. The molecule has 0 radical (unpaired) electrons. The Morgan fingerprint density at radius 2 is 1.64 bits per heavy atom. The maximum absolute atomic E-state index is 13.7. The highest BCUT2D eigenvalue weighted by Gasteiger charge is 2.47. The van der Waals surface area contributed by atoms with Crippen molar-refractivity contribution in [2.24, 2.45) is 0 Å². The minimum atomic E-state index is -1.77. The molecule has 232 valence electrons. The number of rotatable bonds is 9. The number of carboxylic acid groups (broad SMARTS) is 1. The van der Waals surface area contributed by atoms with E-state index in [4.69, 9.17) is 9.47 Å². The first-order valence-corrected chi connectivity index (χ1v) is 14.0. The summed E-state index contributed by atoms with van der Waals surface area (Å²) in [5.41, 5.74) is 2.08. The molecular formula is C32H33NO11. The number of fused-ring (bicyclic) bond motifs is 1. The van der Waals surface area contributed by atoms with Gasteiger partial charge in [-0.05, 0) is 53.8 Å². The standard InChI is InChI=1S/C32H33NO11/c34-16-25-28(38)29(39)30(40)32(44-25)43-24-15-22-21(14-23(24)36)20(12-8-17-4-2-1-3-5-17)27(31(41)42)33(22)26(37)13-9-18-6-10-19(35)11-7-18/h1-7,9-11,13-15,20,25,27-30,32,34-36,38-40H,8,12,16H2,(H,41,42)/b13-9+/t20-,25+,27+,28+,29-,30+,32+/m0/s1. The largest absolute Gasteiger partial charge is 0.508 e. The summed E-state index contributed by atoms with van der Waals surface area (Å²) in [6, 6.07) is 16.7. The van der Waals surface area contributed by atoms with E-state index in [-0.39, 0.29) is 17.2 Å². The average Bonchev–Trinajstić information content (AvgIpc) is 3.33. The summed E-state index contributed by atoms with van der Waals surface area (Å²) in [5, 5.41) is 71.1. The Morgan fingerprint density at radius 1 is 0.932 bits per heavy atom. The number of hydrogen-bond donors (Lipinski definition) is 7. The zero-order chi connectivity index (χ0) is 31.5. The summed E-state index contributed by atoms with van der Waals surface area (Å²) in [7, 11) is 0. The van der Waals surface area contributed by atoms with E-state index in [9.17, 15) is 45.3 Å². The minimum absolute atomic E-state index is 0.0425. The van der Waals surface area contributed by atoms with E-state index in [2.05, 4.69) is 0 Å². The first-order chi connectivity index (χ1) is 21.1. The summed E-state index contributed by atoms with van der Waals surface area (Å²) < 4.78 is 11.1. The summed E-state index contributed by atoms with van der Waals surface area (Å²) in [6.45, 7) is -0.694. The predicted octanol–water partition coefficient (Wildman–Crippen LogP) is 1.51. The number of aryl methyl sites for hydroxylation is 1. The van der Waals surface area contributed by atoms with E-state index in [0.717, 1.165) is 10.5 Å². The molecule has 2 aliphatic rings. The first kappa shape index (κ1) is 31.0. The van der Waals surface area contributed by atoms with E-state index < -0.39 is 66.9 Å². The number of nitrogens with zero attached hydrogens (tertiary/aromatic N) is 1. The quantitative estimate of drug-likeness (QED) is 0.174.